The van der Waals surface area contributed by atoms with Crippen LogP contribution in [-0.4, -0.2) is 16.2 Å². The van der Waals surface area contributed by atoms with Crippen molar-refractivity contribution in [3.05, 3.63) is 71.7 Å². The molecule has 3 aromatic rings. The molecule has 2 N–H and O–H groups in total. The first-order valence-electron chi connectivity index (χ1n) is 8.43. The van der Waals surface area contributed by atoms with Crippen LogP contribution in [-0.2, 0) is 11.8 Å². The quantitative estimate of drug-likeness (QED) is 0.720. The number of nitrogens with zero attached hydrogens (tertiary/aromatic N) is 2. The summed E-state index contributed by atoms with van der Waals surface area (Å²) in [7, 11) is 0. The number of amides is 2. The maximum Gasteiger partial charge on any atom is 0.326 e. The van der Waals surface area contributed by atoms with E-state index >= 15 is 0 Å². The second kappa shape index (κ2) is 7.39. The smallest absolute Gasteiger partial charge is 0.326 e. The lowest BCUT2D eigenvalue weighted by molar-refractivity contribution is 0.261. The van der Waals surface area contributed by atoms with Crippen molar-refractivity contribution in [1.82, 2.24) is 10.1 Å². The van der Waals surface area contributed by atoms with Crippen LogP contribution in [0.1, 0.15) is 37.6 Å². The average molecular weight is 350 g/mol. The second-order valence-corrected chi connectivity index (χ2v) is 7.13. The summed E-state index contributed by atoms with van der Waals surface area (Å²) in [4.78, 5) is 16.1. The molecule has 1 aromatic carbocycles. The van der Waals surface area contributed by atoms with Crippen molar-refractivity contribution in [2.45, 2.75) is 32.6 Å². The first-order chi connectivity index (χ1) is 12.4. The van der Waals surface area contributed by atoms with Crippen molar-refractivity contribution in [2.75, 3.05) is 10.6 Å². The largest absolute Gasteiger partial charge is 0.338 e. The van der Waals surface area contributed by atoms with Gasteiger partial charge < -0.3 is 9.84 Å². The van der Waals surface area contributed by atoms with E-state index in [9.17, 15) is 4.79 Å². The predicted octanol–water partition coefficient (Wildman–Crippen LogP) is 4.60. The lowest BCUT2D eigenvalue weighted by Crippen LogP contribution is -2.19. The van der Waals surface area contributed by atoms with Gasteiger partial charge in [0.15, 0.2) is 0 Å². The van der Waals surface area contributed by atoms with Crippen molar-refractivity contribution < 1.29 is 9.32 Å². The summed E-state index contributed by atoms with van der Waals surface area (Å²) >= 11 is 0. The highest BCUT2D eigenvalue weighted by molar-refractivity contribution is 5.98. The number of benzene rings is 1. The summed E-state index contributed by atoms with van der Waals surface area (Å²) in [5.41, 5.74) is 3.71. The topological polar surface area (TPSA) is 80.0 Å². The summed E-state index contributed by atoms with van der Waals surface area (Å²) in [6.07, 6.45) is 4.39. The van der Waals surface area contributed by atoms with E-state index in [0.717, 1.165) is 17.7 Å². The van der Waals surface area contributed by atoms with E-state index in [0.29, 0.717) is 11.6 Å². The Balaban J connectivity index is 1.57. The zero-order valence-electron chi connectivity index (χ0n) is 15.1. The van der Waals surface area contributed by atoms with Crippen molar-refractivity contribution in [1.29, 1.82) is 0 Å². The van der Waals surface area contributed by atoms with Gasteiger partial charge in [0.2, 0.25) is 5.88 Å². The van der Waals surface area contributed by atoms with Crippen LogP contribution >= 0.6 is 0 Å². The molecule has 0 spiro atoms. The molecule has 2 amide bonds. The van der Waals surface area contributed by atoms with E-state index in [-0.39, 0.29) is 11.4 Å². The highest BCUT2D eigenvalue weighted by Crippen LogP contribution is 2.23. The van der Waals surface area contributed by atoms with Crippen LogP contribution in [0.25, 0.3) is 0 Å². The van der Waals surface area contributed by atoms with Gasteiger partial charge in [-0.2, -0.15) is 0 Å². The summed E-state index contributed by atoms with van der Waals surface area (Å²) in [5.74, 6) is 0.321. The molecule has 6 heteroatoms. The van der Waals surface area contributed by atoms with Gasteiger partial charge in [-0.1, -0.05) is 38.1 Å². The van der Waals surface area contributed by atoms with Gasteiger partial charge in [0.25, 0.3) is 0 Å². The zero-order valence-corrected chi connectivity index (χ0v) is 15.1. The highest BCUT2D eigenvalue weighted by atomic mass is 16.5. The normalized spacial score (nSPS) is 11.2. The van der Waals surface area contributed by atoms with E-state index < -0.39 is 0 Å². The van der Waals surface area contributed by atoms with E-state index in [1.807, 2.05) is 57.2 Å². The van der Waals surface area contributed by atoms with E-state index in [2.05, 4.69) is 20.8 Å². The minimum absolute atomic E-state index is 0.134. The molecule has 0 unspecified atom stereocenters. The van der Waals surface area contributed by atoms with Crippen molar-refractivity contribution >= 4 is 17.6 Å². The lowest BCUT2D eigenvalue weighted by Gasteiger charge is -2.12. The Labute approximate surface area is 152 Å². The molecule has 0 fully saturated rings. The third-order valence-corrected chi connectivity index (χ3v) is 3.88. The van der Waals surface area contributed by atoms with Crippen LogP contribution < -0.4 is 10.6 Å². The van der Waals surface area contributed by atoms with Gasteiger partial charge in [0, 0.05) is 29.6 Å². The Morgan fingerprint density at radius 3 is 2.27 bits per heavy atom. The first-order valence-corrected chi connectivity index (χ1v) is 8.43. The number of pyridine rings is 1. The standard InChI is InChI=1S/C20H22N4O2/c1-20(2,3)17-13-18(26-24-17)23-19(25)22-16-6-4-14(5-7-16)12-15-8-10-21-11-9-15/h4-11,13H,12H2,1-3H3,(H2,22,23,25). The molecule has 0 aliphatic carbocycles. The van der Waals surface area contributed by atoms with Crippen molar-refractivity contribution in [2.24, 2.45) is 0 Å². The Morgan fingerprint density at radius 2 is 1.65 bits per heavy atom. The van der Waals surface area contributed by atoms with Gasteiger partial charge in [0.05, 0.1) is 5.69 Å². The molecule has 0 bridgehead atoms. The fourth-order valence-electron chi connectivity index (χ4n) is 2.40. The molecule has 0 aliphatic rings. The zero-order chi connectivity index (χ0) is 18.6. The monoisotopic (exact) mass is 350 g/mol. The predicted molar refractivity (Wildman–Crippen MR) is 101 cm³/mol. The molecule has 0 saturated heterocycles. The van der Waals surface area contributed by atoms with Gasteiger partial charge in [-0.3, -0.25) is 10.3 Å². The molecule has 26 heavy (non-hydrogen) atoms. The van der Waals surface area contributed by atoms with Gasteiger partial charge in [0.1, 0.15) is 0 Å². The average Bonchev–Trinajstić information content (AvgIpc) is 3.06. The van der Waals surface area contributed by atoms with Gasteiger partial charge in [-0.15, -0.1) is 0 Å². The number of urea groups is 1. The van der Waals surface area contributed by atoms with E-state index in [1.54, 1.807) is 18.5 Å². The Hall–Kier alpha value is -3.15. The molecule has 0 aliphatic heterocycles. The van der Waals surface area contributed by atoms with Gasteiger partial charge in [-0.05, 0) is 41.8 Å². The Bertz CT molecular complexity index is 865. The summed E-state index contributed by atoms with van der Waals surface area (Å²) in [6, 6.07) is 13.1. The highest BCUT2D eigenvalue weighted by Gasteiger charge is 2.19. The summed E-state index contributed by atoms with van der Waals surface area (Å²) in [6.45, 7) is 6.09. The number of hydrogen-bond acceptors (Lipinski definition) is 4. The molecule has 0 atom stereocenters. The maximum absolute atomic E-state index is 12.1. The molecular weight excluding hydrogens is 328 g/mol. The number of nitrogens with one attached hydrogen (secondary N) is 2. The van der Waals surface area contributed by atoms with Crippen LogP contribution in [0.3, 0.4) is 0 Å². The Morgan fingerprint density at radius 1 is 1.00 bits per heavy atom. The lowest BCUT2D eigenvalue weighted by atomic mass is 9.92. The molecular formula is C20H22N4O2. The third-order valence-electron chi connectivity index (χ3n) is 3.88. The third kappa shape index (κ3) is 4.69. The van der Waals surface area contributed by atoms with E-state index in [4.69, 9.17) is 4.52 Å². The van der Waals surface area contributed by atoms with Crippen LogP contribution in [0.15, 0.2) is 59.4 Å². The SMILES string of the molecule is CC(C)(C)c1cc(NC(=O)Nc2ccc(Cc3ccncc3)cc2)on1. The number of anilines is 2. The van der Waals surface area contributed by atoms with Crippen LogP contribution in [0.5, 0.6) is 0 Å². The maximum atomic E-state index is 12.1. The van der Waals surface area contributed by atoms with Crippen molar-refractivity contribution in [3.8, 4) is 0 Å². The number of carbonyl (C=O) groups is 1. The summed E-state index contributed by atoms with van der Waals surface area (Å²) < 4.78 is 5.16. The minimum Gasteiger partial charge on any atom is -0.338 e. The number of rotatable bonds is 4. The Kier molecular flexibility index (Phi) is 5.02. The van der Waals surface area contributed by atoms with Crippen LogP contribution in [0.4, 0.5) is 16.4 Å². The van der Waals surface area contributed by atoms with Gasteiger partial charge >= 0.3 is 6.03 Å². The minimum atomic E-state index is -0.372. The molecule has 2 heterocycles. The molecule has 0 radical (unpaired) electrons. The molecule has 6 nitrogen and oxygen atoms in total. The fraction of sp³-hybridized carbons (Fsp3) is 0.250. The van der Waals surface area contributed by atoms with Crippen LogP contribution in [0, 0.1) is 0 Å². The first kappa shape index (κ1) is 17.7. The fourth-order valence-corrected chi connectivity index (χ4v) is 2.40. The summed E-state index contributed by atoms with van der Waals surface area (Å²) in [5, 5.41) is 9.41. The van der Waals surface area contributed by atoms with Gasteiger partial charge in [-0.25, -0.2) is 4.79 Å². The second-order valence-electron chi connectivity index (χ2n) is 7.13. The number of carbonyl (C=O) groups excluding carboxylic acids is 1. The molecule has 2 aromatic heterocycles. The number of aromatic nitrogens is 2. The van der Waals surface area contributed by atoms with E-state index in [1.165, 1.54) is 5.56 Å². The molecule has 3 rings (SSSR count). The number of hydrogen-bond donors (Lipinski definition) is 2. The molecule has 0 saturated carbocycles. The van der Waals surface area contributed by atoms with Crippen molar-refractivity contribution in [3.63, 3.8) is 0 Å². The molecule has 134 valence electrons. The van der Waals surface area contributed by atoms with Crippen LogP contribution in [0.2, 0.25) is 0 Å².